The van der Waals surface area contributed by atoms with Crippen LogP contribution in [0.1, 0.15) is 12.5 Å². The van der Waals surface area contributed by atoms with Gasteiger partial charge in [-0.3, -0.25) is 0 Å². The fourth-order valence-corrected chi connectivity index (χ4v) is 1.44. The zero-order valence-electron chi connectivity index (χ0n) is 9.12. The molecule has 1 heterocycles. The van der Waals surface area contributed by atoms with Gasteiger partial charge in [0.15, 0.2) is 0 Å². The van der Waals surface area contributed by atoms with Gasteiger partial charge in [0.1, 0.15) is 5.82 Å². The highest BCUT2D eigenvalue weighted by Crippen LogP contribution is 2.34. The third-order valence-corrected chi connectivity index (χ3v) is 2.02. The summed E-state index contributed by atoms with van der Waals surface area (Å²) in [7, 11) is 1.54. The van der Waals surface area contributed by atoms with Gasteiger partial charge in [0.05, 0.1) is 5.56 Å². The summed E-state index contributed by atoms with van der Waals surface area (Å²) in [6.07, 6.45) is -3.06. The first-order valence-electron chi connectivity index (χ1n) is 4.81. The van der Waals surface area contributed by atoms with Crippen LogP contribution < -0.4 is 10.6 Å². The molecule has 0 amide bonds. The molecule has 90 valence electrons. The average Bonchev–Trinajstić information content (AvgIpc) is 2.15. The molecule has 0 aliphatic heterocycles. The Hall–Kier alpha value is -1.30. The predicted molar refractivity (Wildman–Crippen MR) is 56.2 cm³/mol. The van der Waals surface area contributed by atoms with Crippen molar-refractivity contribution in [1.82, 2.24) is 4.98 Å². The summed E-state index contributed by atoms with van der Waals surface area (Å²) < 4.78 is 37.9. The average molecular weight is 233 g/mol. The maximum Gasteiger partial charge on any atom is 0.419 e. The van der Waals surface area contributed by atoms with Crippen molar-refractivity contribution < 1.29 is 13.2 Å². The van der Waals surface area contributed by atoms with Gasteiger partial charge in [-0.15, -0.1) is 0 Å². The first-order valence-corrected chi connectivity index (χ1v) is 4.81. The third-order valence-electron chi connectivity index (χ3n) is 2.02. The molecule has 0 saturated carbocycles. The molecule has 1 unspecified atom stereocenters. The summed E-state index contributed by atoms with van der Waals surface area (Å²) in [6, 6.07) is 2.07. The van der Waals surface area contributed by atoms with Crippen LogP contribution in [0.4, 0.5) is 19.0 Å². The van der Waals surface area contributed by atoms with E-state index in [4.69, 9.17) is 5.73 Å². The van der Waals surface area contributed by atoms with Crippen molar-refractivity contribution in [2.24, 2.45) is 5.73 Å². The molecular formula is C10H14F3N3. The van der Waals surface area contributed by atoms with Crippen molar-refractivity contribution in [2.75, 3.05) is 18.5 Å². The lowest BCUT2D eigenvalue weighted by Gasteiger charge is -2.23. The number of rotatable bonds is 3. The van der Waals surface area contributed by atoms with Gasteiger partial charge in [-0.2, -0.15) is 13.2 Å². The minimum Gasteiger partial charge on any atom is -0.358 e. The number of hydrogen-bond donors (Lipinski definition) is 1. The third kappa shape index (κ3) is 3.10. The van der Waals surface area contributed by atoms with Crippen LogP contribution in [0, 0.1) is 0 Å². The molecule has 1 aromatic heterocycles. The summed E-state index contributed by atoms with van der Waals surface area (Å²) in [5.41, 5.74) is 4.80. The summed E-state index contributed by atoms with van der Waals surface area (Å²) in [5.74, 6) is -0.0905. The zero-order chi connectivity index (χ0) is 12.3. The molecule has 1 atom stereocenters. The van der Waals surface area contributed by atoms with E-state index in [0.29, 0.717) is 6.54 Å². The second kappa shape index (κ2) is 4.69. The lowest BCUT2D eigenvalue weighted by Crippen LogP contribution is -2.34. The van der Waals surface area contributed by atoms with Crippen LogP contribution in [-0.2, 0) is 6.18 Å². The first kappa shape index (κ1) is 12.8. The summed E-state index contributed by atoms with van der Waals surface area (Å²) in [4.78, 5) is 5.16. The summed E-state index contributed by atoms with van der Waals surface area (Å²) in [5, 5.41) is 0. The molecule has 0 spiro atoms. The van der Waals surface area contributed by atoms with Crippen LogP contribution in [0.2, 0.25) is 0 Å². The van der Waals surface area contributed by atoms with Crippen LogP contribution in [0.5, 0.6) is 0 Å². The van der Waals surface area contributed by atoms with Crippen molar-refractivity contribution in [2.45, 2.75) is 19.1 Å². The van der Waals surface area contributed by atoms with Crippen LogP contribution in [0.25, 0.3) is 0 Å². The van der Waals surface area contributed by atoms with E-state index in [-0.39, 0.29) is 11.9 Å². The van der Waals surface area contributed by atoms with Gasteiger partial charge in [-0.05, 0) is 19.1 Å². The van der Waals surface area contributed by atoms with E-state index in [2.05, 4.69) is 4.98 Å². The highest BCUT2D eigenvalue weighted by molar-refractivity contribution is 5.47. The Bertz CT molecular complexity index is 349. The molecule has 0 bridgehead atoms. The maximum absolute atomic E-state index is 12.6. The van der Waals surface area contributed by atoms with Gasteiger partial charge in [0.25, 0.3) is 0 Å². The number of nitrogens with two attached hydrogens (primary N) is 1. The second-order valence-electron chi connectivity index (χ2n) is 3.73. The Morgan fingerprint density at radius 1 is 1.50 bits per heavy atom. The van der Waals surface area contributed by atoms with Gasteiger partial charge in [-0.25, -0.2) is 4.98 Å². The van der Waals surface area contributed by atoms with Crippen molar-refractivity contribution in [3.05, 3.63) is 23.9 Å². The Balaban J connectivity index is 3.04. The fraction of sp³-hybridized carbons (Fsp3) is 0.500. The molecular weight excluding hydrogens is 219 g/mol. The number of hydrogen-bond acceptors (Lipinski definition) is 3. The molecule has 3 nitrogen and oxygen atoms in total. The van der Waals surface area contributed by atoms with E-state index in [0.717, 1.165) is 6.07 Å². The van der Waals surface area contributed by atoms with Crippen LogP contribution >= 0.6 is 0 Å². The molecule has 2 N–H and O–H groups in total. The molecule has 0 aliphatic rings. The van der Waals surface area contributed by atoms with Crippen LogP contribution in [0.3, 0.4) is 0 Å². The molecule has 0 radical (unpaired) electrons. The highest BCUT2D eigenvalue weighted by atomic mass is 19.4. The Morgan fingerprint density at radius 2 is 2.12 bits per heavy atom. The van der Waals surface area contributed by atoms with Crippen LogP contribution in [0.15, 0.2) is 18.3 Å². The number of pyridine rings is 1. The second-order valence-corrected chi connectivity index (χ2v) is 3.73. The van der Waals surface area contributed by atoms with E-state index < -0.39 is 11.7 Å². The van der Waals surface area contributed by atoms with E-state index in [1.807, 2.05) is 0 Å². The molecule has 0 saturated heterocycles. The standard InChI is InChI=1S/C10H14F3N3/c1-7(14)6-16(2)9-8(10(11,12)13)4-3-5-15-9/h3-5,7H,6,14H2,1-2H3. The number of nitrogens with zero attached hydrogens (tertiary/aromatic N) is 2. The quantitative estimate of drug-likeness (QED) is 0.866. The fourth-order valence-electron chi connectivity index (χ4n) is 1.44. The van der Waals surface area contributed by atoms with Gasteiger partial charge < -0.3 is 10.6 Å². The monoisotopic (exact) mass is 233 g/mol. The highest BCUT2D eigenvalue weighted by Gasteiger charge is 2.35. The van der Waals surface area contributed by atoms with Gasteiger partial charge in [0, 0.05) is 25.8 Å². The molecule has 0 aromatic carbocycles. The van der Waals surface area contributed by atoms with E-state index >= 15 is 0 Å². The lowest BCUT2D eigenvalue weighted by atomic mass is 10.2. The Kier molecular flexibility index (Phi) is 3.74. The normalized spacial score (nSPS) is 13.6. The SMILES string of the molecule is CC(N)CN(C)c1ncccc1C(F)(F)F. The van der Waals surface area contributed by atoms with Crippen molar-refractivity contribution in [1.29, 1.82) is 0 Å². The van der Waals surface area contributed by atoms with Gasteiger partial charge in [-0.1, -0.05) is 0 Å². The topological polar surface area (TPSA) is 42.1 Å². The molecule has 16 heavy (non-hydrogen) atoms. The Labute approximate surface area is 92.1 Å². The van der Waals surface area contributed by atoms with Crippen molar-refractivity contribution >= 4 is 5.82 Å². The number of anilines is 1. The Morgan fingerprint density at radius 3 is 2.62 bits per heavy atom. The largest absolute Gasteiger partial charge is 0.419 e. The number of aromatic nitrogens is 1. The number of halogens is 3. The number of alkyl halides is 3. The van der Waals surface area contributed by atoms with Crippen molar-refractivity contribution in [3.8, 4) is 0 Å². The summed E-state index contributed by atoms with van der Waals surface area (Å²) in [6.45, 7) is 2.05. The number of likely N-dealkylation sites (N-methyl/N-ethyl adjacent to an activating group) is 1. The van der Waals surface area contributed by atoms with E-state index in [1.165, 1.54) is 17.2 Å². The minimum absolute atomic E-state index is 0.0905. The predicted octanol–water partition coefficient (Wildman–Crippen LogP) is 1.88. The molecule has 1 rings (SSSR count). The molecule has 0 fully saturated rings. The zero-order valence-corrected chi connectivity index (χ0v) is 9.12. The van der Waals surface area contributed by atoms with E-state index in [1.54, 1.807) is 14.0 Å². The minimum atomic E-state index is -4.39. The van der Waals surface area contributed by atoms with Crippen LogP contribution in [-0.4, -0.2) is 24.6 Å². The summed E-state index contributed by atoms with van der Waals surface area (Å²) >= 11 is 0. The van der Waals surface area contributed by atoms with E-state index in [9.17, 15) is 13.2 Å². The molecule has 6 heteroatoms. The molecule has 1 aromatic rings. The lowest BCUT2D eigenvalue weighted by molar-refractivity contribution is -0.137. The van der Waals surface area contributed by atoms with Gasteiger partial charge in [0.2, 0.25) is 0 Å². The van der Waals surface area contributed by atoms with Gasteiger partial charge >= 0.3 is 6.18 Å². The molecule has 0 aliphatic carbocycles. The first-order chi connectivity index (χ1) is 7.32. The smallest absolute Gasteiger partial charge is 0.358 e. The van der Waals surface area contributed by atoms with Crippen molar-refractivity contribution in [3.63, 3.8) is 0 Å². The maximum atomic E-state index is 12.6.